The number of furan rings is 1. The van der Waals surface area contributed by atoms with Crippen LogP contribution in [0.1, 0.15) is 43.3 Å². The van der Waals surface area contributed by atoms with E-state index in [2.05, 4.69) is 22.1 Å². The van der Waals surface area contributed by atoms with Crippen molar-refractivity contribution in [3.63, 3.8) is 0 Å². The van der Waals surface area contributed by atoms with Crippen LogP contribution >= 0.6 is 35.4 Å². The van der Waals surface area contributed by atoms with Gasteiger partial charge < -0.3 is 14.6 Å². The van der Waals surface area contributed by atoms with Crippen molar-refractivity contribution in [3.8, 4) is 11.3 Å². The first kappa shape index (κ1) is 20.2. The molecule has 7 heteroatoms. The smallest absolute Gasteiger partial charge is 0.170 e. The fraction of sp³-hybridized carbons (Fsp3) is 0.273. The summed E-state index contributed by atoms with van der Waals surface area (Å²) in [6.45, 7) is 3.03. The lowest BCUT2D eigenvalue weighted by atomic mass is 10.0. The van der Waals surface area contributed by atoms with Gasteiger partial charge in [-0.2, -0.15) is 0 Å². The van der Waals surface area contributed by atoms with Crippen LogP contribution in [0.25, 0.3) is 11.3 Å². The van der Waals surface area contributed by atoms with Crippen molar-refractivity contribution >= 4 is 40.5 Å². The van der Waals surface area contributed by atoms with Crippen molar-refractivity contribution in [1.29, 1.82) is 0 Å². The third-order valence-corrected chi connectivity index (χ3v) is 6.16. The first-order valence-electron chi connectivity index (χ1n) is 9.61. The molecule has 150 valence electrons. The van der Waals surface area contributed by atoms with Gasteiger partial charge in [0.15, 0.2) is 5.11 Å². The number of halogens is 2. The Morgan fingerprint density at radius 1 is 1.14 bits per heavy atom. The molecule has 3 aromatic rings. The quantitative estimate of drug-likeness (QED) is 0.443. The zero-order valence-electron chi connectivity index (χ0n) is 15.9. The van der Waals surface area contributed by atoms with Gasteiger partial charge in [0.25, 0.3) is 0 Å². The minimum absolute atomic E-state index is 0.0690. The van der Waals surface area contributed by atoms with E-state index in [0.717, 1.165) is 47.3 Å². The zero-order valence-corrected chi connectivity index (χ0v) is 18.3. The second-order valence-corrected chi connectivity index (χ2v) is 8.21. The molecular weight excluding hydrogens is 425 g/mol. The van der Waals surface area contributed by atoms with Crippen LogP contribution in [0.5, 0.6) is 0 Å². The number of hydrogen-bond donors (Lipinski definition) is 1. The Morgan fingerprint density at radius 2 is 2.00 bits per heavy atom. The van der Waals surface area contributed by atoms with Crippen LogP contribution in [0.15, 0.2) is 59.1 Å². The molecule has 0 unspecified atom stereocenters. The Balaban J connectivity index is 1.71. The Bertz CT molecular complexity index is 1010. The fourth-order valence-electron chi connectivity index (χ4n) is 3.60. The van der Waals surface area contributed by atoms with E-state index in [0.29, 0.717) is 10.0 Å². The van der Waals surface area contributed by atoms with Crippen molar-refractivity contribution in [2.24, 2.45) is 0 Å². The molecule has 0 aliphatic carbocycles. The predicted octanol–water partition coefficient (Wildman–Crippen LogP) is 6.42. The number of rotatable bonds is 6. The maximum absolute atomic E-state index is 6.29. The van der Waals surface area contributed by atoms with Crippen molar-refractivity contribution in [2.75, 3.05) is 6.54 Å². The standard InChI is InChI=1S/C22H21Cl2N3OS/c1-2-3-12-27-21(20(26-22(27)29)17-6-4-5-11-25-17)19-10-9-18(28-19)14-7-8-15(23)16(24)13-14/h4-11,13,20-21H,2-3,12H2,1H3,(H,26,29)/t20-,21-/m0/s1. The number of nitrogens with zero attached hydrogens (tertiary/aromatic N) is 2. The lowest BCUT2D eigenvalue weighted by molar-refractivity contribution is 0.271. The van der Waals surface area contributed by atoms with E-state index >= 15 is 0 Å². The number of benzene rings is 1. The molecule has 0 spiro atoms. The average molecular weight is 446 g/mol. The minimum atomic E-state index is -0.0756. The van der Waals surface area contributed by atoms with E-state index in [1.54, 1.807) is 12.3 Å². The third kappa shape index (κ3) is 4.13. The highest BCUT2D eigenvalue weighted by molar-refractivity contribution is 7.80. The van der Waals surface area contributed by atoms with E-state index < -0.39 is 0 Å². The summed E-state index contributed by atoms with van der Waals surface area (Å²) in [5.74, 6) is 1.58. The highest BCUT2D eigenvalue weighted by atomic mass is 35.5. The molecule has 1 aliphatic rings. The van der Waals surface area contributed by atoms with Crippen LogP contribution in [-0.2, 0) is 0 Å². The van der Waals surface area contributed by atoms with Gasteiger partial charge >= 0.3 is 0 Å². The second kappa shape index (κ2) is 8.74. The molecule has 1 aliphatic heterocycles. The summed E-state index contributed by atoms with van der Waals surface area (Å²) in [5.41, 5.74) is 1.82. The average Bonchev–Trinajstić information content (AvgIpc) is 3.34. The molecule has 0 radical (unpaired) electrons. The van der Waals surface area contributed by atoms with Gasteiger partial charge in [0.2, 0.25) is 0 Å². The molecule has 4 nitrogen and oxygen atoms in total. The zero-order chi connectivity index (χ0) is 20.4. The Kier molecular flexibility index (Phi) is 6.09. The SMILES string of the molecule is CCCCN1C(=S)N[C@@H](c2ccccn2)[C@@H]1c1ccc(-c2ccc(Cl)c(Cl)c2)o1. The first-order valence-corrected chi connectivity index (χ1v) is 10.8. The molecular formula is C22H21Cl2N3OS. The van der Waals surface area contributed by atoms with Crippen molar-refractivity contribution in [1.82, 2.24) is 15.2 Å². The van der Waals surface area contributed by atoms with E-state index in [-0.39, 0.29) is 12.1 Å². The second-order valence-electron chi connectivity index (χ2n) is 7.00. The van der Waals surface area contributed by atoms with Gasteiger partial charge in [0.05, 0.1) is 21.8 Å². The maximum Gasteiger partial charge on any atom is 0.170 e. The minimum Gasteiger partial charge on any atom is -0.459 e. The molecule has 2 atom stereocenters. The van der Waals surface area contributed by atoms with Crippen LogP contribution in [0.2, 0.25) is 10.0 Å². The summed E-state index contributed by atoms with van der Waals surface area (Å²) >= 11 is 17.9. The van der Waals surface area contributed by atoms with Crippen LogP contribution in [0.3, 0.4) is 0 Å². The summed E-state index contributed by atoms with van der Waals surface area (Å²) in [7, 11) is 0. The van der Waals surface area contributed by atoms with Gasteiger partial charge in [-0.3, -0.25) is 4.98 Å². The number of nitrogens with one attached hydrogen (secondary N) is 1. The highest BCUT2D eigenvalue weighted by Crippen LogP contribution is 2.41. The molecule has 29 heavy (non-hydrogen) atoms. The molecule has 1 saturated heterocycles. The number of unbranched alkanes of at least 4 members (excludes halogenated alkanes) is 1. The van der Waals surface area contributed by atoms with Crippen molar-refractivity contribution < 1.29 is 4.42 Å². The van der Waals surface area contributed by atoms with Crippen LogP contribution in [-0.4, -0.2) is 21.5 Å². The highest BCUT2D eigenvalue weighted by Gasteiger charge is 2.41. The third-order valence-electron chi connectivity index (χ3n) is 5.07. The lowest BCUT2D eigenvalue weighted by Gasteiger charge is -2.25. The summed E-state index contributed by atoms with van der Waals surface area (Å²) in [5, 5.41) is 5.19. The van der Waals surface area contributed by atoms with E-state index in [1.807, 2.05) is 42.5 Å². The van der Waals surface area contributed by atoms with Crippen molar-refractivity contribution in [3.05, 3.63) is 76.2 Å². The Labute approximate surface area is 185 Å². The predicted molar refractivity (Wildman–Crippen MR) is 121 cm³/mol. The molecule has 0 bridgehead atoms. The molecule has 3 heterocycles. The largest absolute Gasteiger partial charge is 0.459 e. The molecule has 1 aromatic carbocycles. The van der Waals surface area contributed by atoms with E-state index in [4.69, 9.17) is 39.8 Å². The normalized spacial score (nSPS) is 18.9. The molecule has 4 rings (SSSR count). The maximum atomic E-state index is 6.29. The molecule has 2 aromatic heterocycles. The lowest BCUT2D eigenvalue weighted by Crippen LogP contribution is -2.30. The van der Waals surface area contributed by atoms with E-state index in [1.165, 1.54) is 0 Å². The Morgan fingerprint density at radius 3 is 2.72 bits per heavy atom. The Hall–Kier alpha value is -2.08. The monoisotopic (exact) mass is 445 g/mol. The van der Waals surface area contributed by atoms with Gasteiger partial charge in [-0.25, -0.2) is 0 Å². The molecule has 1 fully saturated rings. The van der Waals surface area contributed by atoms with Crippen LogP contribution in [0.4, 0.5) is 0 Å². The van der Waals surface area contributed by atoms with Gasteiger partial charge in [-0.05, 0) is 61.1 Å². The van der Waals surface area contributed by atoms with Crippen molar-refractivity contribution in [2.45, 2.75) is 31.8 Å². The van der Waals surface area contributed by atoms with Gasteiger partial charge in [-0.1, -0.05) is 42.6 Å². The summed E-state index contributed by atoms with van der Waals surface area (Å²) in [6.07, 6.45) is 3.94. The van der Waals surface area contributed by atoms with Crippen LogP contribution in [0, 0.1) is 0 Å². The molecule has 0 saturated carbocycles. The van der Waals surface area contributed by atoms with Crippen LogP contribution < -0.4 is 5.32 Å². The first-order chi connectivity index (χ1) is 14.1. The summed E-state index contributed by atoms with van der Waals surface area (Å²) in [6, 6.07) is 15.2. The van der Waals surface area contributed by atoms with Gasteiger partial charge in [0.1, 0.15) is 17.6 Å². The number of thiocarbonyl (C=S) groups is 1. The molecule has 0 amide bonds. The van der Waals surface area contributed by atoms with Gasteiger partial charge in [-0.15, -0.1) is 0 Å². The summed E-state index contributed by atoms with van der Waals surface area (Å²) < 4.78 is 6.29. The summed E-state index contributed by atoms with van der Waals surface area (Å²) in [4.78, 5) is 6.75. The number of pyridine rings is 1. The molecule has 1 N–H and O–H groups in total. The number of hydrogen-bond acceptors (Lipinski definition) is 3. The van der Waals surface area contributed by atoms with E-state index in [9.17, 15) is 0 Å². The topological polar surface area (TPSA) is 41.3 Å². The fourth-order valence-corrected chi connectivity index (χ4v) is 4.23. The van der Waals surface area contributed by atoms with Gasteiger partial charge in [0, 0.05) is 18.3 Å². The number of aromatic nitrogens is 1.